The van der Waals surface area contributed by atoms with E-state index >= 15 is 0 Å². The van der Waals surface area contributed by atoms with Crippen molar-refractivity contribution in [2.24, 2.45) is 11.8 Å². The number of sulfonamides is 1. The van der Waals surface area contributed by atoms with E-state index in [1.165, 1.54) is 23.3 Å². The van der Waals surface area contributed by atoms with Crippen LogP contribution in [0.2, 0.25) is 0 Å². The molecule has 3 aliphatic rings. The predicted octanol–water partition coefficient (Wildman–Crippen LogP) is 2.94. The molecule has 2 fully saturated rings. The van der Waals surface area contributed by atoms with E-state index in [0.29, 0.717) is 42.5 Å². The van der Waals surface area contributed by atoms with Crippen LogP contribution in [0.5, 0.6) is 0 Å². The third kappa shape index (κ3) is 3.56. The lowest BCUT2D eigenvalue weighted by atomic mass is 9.86. The van der Waals surface area contributed by atoms with Gasteiger partial charge in [0.2, 0.25) is 10.0 Å². The van der Waals surface area contributed by atoms with Crippen LogP contribution in [0.1, 0.15) is 30.0 Å². The highest BCUT2D eigenvalue weighted by atomic mass is 32.2. The van der Waals surface area contributed by atoms with Gasteiger partial charge in [0, 0.05) is 43.6 Å². The molecule has 2 aliphatic carbocycles. The summed E-state index contributed by atoms with van der Waals surface area (Å²) >= 11 is 0. The molecule has 2 aromatic rings. The summed E-state index contributed by atoms with van der Waals surface area (Å²) in [5.41, 5.74) is 2.50. The van der Waals surface area contributed by atoms with Gasteiger partial charge in [0.05, 0.1) is 11.9 Å². The first-order valence-corrected chi connectivity index (χ1v) is 12.8. The molecule has 2 aromatic carbocycles. The quantitative estimate of drug-likeness (QED) is 0.719. The zero-order chi connectivity index (χ0) is 22.0. The summed E-state index contributed by atoms with van der Waals surface area (Å²) in [6, 6.07) is 12.7. The normalized spacial score (nSPS) is 28.9. The molecule has 5 rings (SSSR count). The first kappa shape index (κ1) is 20.9. The van der Waals surface area contributed by atoms with Crippen LogP contribution in [-0.2, 0) is 28.3 Å². The van der Waals surface area contributed by atoms with Crippen molar-refractivity contribution in [2.75, 3.05) is 30.6 Å². The van der Waals surface area contributed by atoms with E-state index in [9.17, 15) is 17.9 Å². The molecule has 0 bridgehead atoms. The van der Waals surface area contributed by atoms with Crippen molar-refractivity contribution < 1.29 is 17.9 Å². The van der Waals surface area contributed by atoms with Gasteiger partial charge in [-0.1, -0.05) is 31.2 Å². The van der Waals surface area contributed by atoms with Crippen molar-refractivity contribution in [3.05, 3.63) is 65.0 Å². The number of hydrogen-bond acceptors (Lipinski definition) is 4. The number of nitrogens with zero attached hydrogens (tertiary/aromatic N) is 1. The Labute approximate surface area is 183 Å². The van der Waals surface area contributed by atoms with Gasteiger partial charge in [-0.3, -0.25) is 9.62 Å². The number of aliphatic hydroxyl groups is 1. The molecular weight excluding hydrogens is 415 g/mol. The van der Waals surface area contributed by atoms with Gasteiger partial charge in [-0.25, -0.2) is 12.8 Å². The number of likely N-dealkylation sites (tertiary alicyclic amines) is 1. The van der Waals surface area contributed by atoms with Crippen LogP contribution in [0.3, 0.4) is 0 Å². The fourth-order valence-corrected chi connectivity index (χ4v) is 6.98. The average Bonchev–Trinajstić information content (AvgIpc) is 2.97. The minimum absolute atomic E-state index is 0.253. The van der Waals surface area contributed by atoms with Gasteiger partial charge in [0.1, 0.15) is 5.82 Å². The molecule has 1 aliphatic heterocycles. The summed E-state index contributed by atoms with van der Waals surface area (Å²) in [6.07, 6.45) is 3.27. The number of rotatable bonds is 6. The number of anilines is 1. The van der Waals surface area contributed by atoms with E-state index in [1.807, 2.05) is 12.1 Å². The largest absolute Gasteiger partial charge is 0.388 e. The van der Waals surface area contributed by atoms with Crippen LogP contribution in [0.4, 0.5) is 10.1 Å². The Morgan fingerprint density at radius 3 is 2.29 bits per heavy atom. The SMILES string of the molecule is CCC1(c2cc(NS(C)(=O)=O)ccc2F)C2CN(CC3(O)Cc4ccccc4C3)CC21. The van der Waals surface area contributed by atoms with Gasteiger partial charge < -0.3 is 5.11 Å². The highest BCUT2D eigenvalue weighted by Gasteiger charge is 2.68. The second-order valence-corrected chi connectivity index (χ2v) is 11.5. The van der Waals surface area contributed by atoms with Gasteiger partial charge in [-0.2, -0.15) is 0 Å². The Hall–Kier alpha value is -1.96. The number of fused-ring (bicyclic) bond motifs is 2. The van der Waals surface area contributed by atoms with Crippen LogP contribution >= 0.6 is 0 Å². The van der Waals surface area contributed by atoms with E-state index in [4.69, 9.17) is 0 Å². The Morgan fingerprint density at radius 2 is 1.74 bits per heavy atom. The van der Waals surface area contributed by atoms with Crippen molar-refractivity contribution in [3.63, 3.8) is 0 Å². The minimum Gasteiger partial charge on any atom is -0.388 e. The summed E-state index contributed by atoms with van der Waals surface area (Å²) in [7, 11) is -3.42. The molecule has 2 N–H and O–H groups in total. The summed E-state index contributed by atoms with van der Waals surface area (Å²) in [6.45, 7) is 4.38. The fourth-order valence-electron chi connectivity index (χ4n) is 6.42. The van der Waals surface area contributed by atoms with Crippen molar-refractivity contribution in [2.45, 2.75) is 37.2 Å². The molecule has 31 heavy (non-hydrogen) atoms. The number of hydrogen-bond donors (Lipinski definition) is 2. The third-order valence-corrected chi connectivity index (χ3v) is 8.25. The van der Waals surface area contributed by atoms with Crippen molar-refractivity contribution >= 4 is 15.7 Å². The van der Waals surface area contributed by atoms with Gasteiger partial charge in [-0.05, 0) is 53.1 Å². The van der Waals surface area contributed by atoms with Crippen LogP contribution in [0.15, 0.2) is 42.5 Å². The zero-order valence-corrected chi connectivity index (χ0v) is 18.8. The number of piperidine rings is 1. The van der Waals surface area contributed by atoms with E-state index in [1.54, 1.807) is 6.07 Å². The first-order valence-electron chi connectivity index (χ1n) is 10.9. The van der Waals surface area contributed by atoms with Crippen molar-refractivity contribution in [1.82, 2.24) is 4.90 Å². The minimum atomic E-state index is -3.42. The first-order chi connectivity index (χ1) is 14.6. The molecule has 1 saturated heterocycles. The summed E-state index contributed by atoms with van der Waals surface area (Å²) in [4.78, 5) is 2.33. The molecule has 1 heterocycles. The molecular formula is C24H29FN2O3S. The highest BCUT2D eigenvalue weighted by Crippen LogP contribution is 2.66. The monoisotopic (exact) mass is 444 g/mol. The molecule has 0 aromatic heterocycles. The molecule has 0 amide bonds. The Bertz CT molecular complexity index is 1100. The smallest absolute Gasteiger partial charge is 0.229 e. The standard InChI is InChI=1S/C24H29FN2O3S/c1-3-24(19-10-18(8-9-22(19)25)26-31(2,29)30)20-13-27(14-21(20)24)15-23(28)11-16-6-4-5-7-17(16)12-23/h4-10,20-21,26,28H,3,11-15H2,1-2H3. The number of benzene rings is 2. The van der Waals surface area contributed by atoms with Crippen molar-refractivity contribution in [3.8, 4) is 0 Å². The Kier molecular flexibility index (Phi) is 4.74. The predicted molar refractivity (Wildman–Crippen MR) is 119 cm³/mol. The van der Waals surface area contributed by atoms with Crippen molar-refractivity contribution in [1.29, 1.82) is 0 Å². The van der Waals surface area contributed by atoms with E-state index in [2.05, 4.69) is 28.7 Å². The Balaban J connectivity index is 1.31. The molecule has 0 radical (unpaired) electrons. The molecule has 166 valence electrons. The number of nitrogens with one attached hydrogen (secondary N) is 1. The fraction of sp³-hybridized carbons (Fsp3) is 0.500. The molecule has 0 spiro atoms. The van der Waals surface area contributed by atoms with E-state index in [0.717, 1.165) is 25.8 Å². The maximum atomic E-state index is 14.8. The van der Waals surface area contributed by atoms with Gasteiger partial charge in [-0.15, -0.1) is 0 Å². The summed E-state index contributed by atoms with van der Waals surface area (Å²) < 4.78 is 40.5. The lowest BCUT2D eigenvalue weighted by molar-refractivity contribution is 0.0138. The summed E-state index contributed by atoms with van der Waals surface area (Å²) in [5.74, 6) is 0.382. The topological polar surface area (TPSA) is 69.6 Å². The second kappa shape index (κ2) is 7.02. The molecule has 7 heteroatoms. The molecule has 2 atom stereocenters. The number of halogens is 1. The van der Waals surface area contributed by atoms with Crippen LogP contribution in [0, 0.1) is 17.7 Å². The second-order valence-electron chi connectivity index (χ2n) is 9.72. The molecule has 1 saturated carbocycles. The van der Waals surface area contributed by atoms with Gasteiger partial charge >= 0.3 is 0 Å². The Morgan fingerprint density at radius 1 is 1.13 bits per heavy atom. The zero-order valence-electron chi connectivity index (χ0n) is 17.9. The van der Waals surface area contributed by atoms with Crippen LogP contribution in [0.25, 0.3) is 0 Å². The maximum Gasteiger partial charge on any atom is 0.229 e. The highest BCUT2D eigenvalue weighted by molar-refractivity contribution is 7.92. The average molecular weight is 445 g/mol. The molecule has 2 unspecified atom stereocenters. The number of β-amino-alcohol motifs (C(OH)–C–C–N with tert-alkyl or cyclic N) is 1. The molecule has 5 nitrogen and oxygen atoms in total. The maximum absolute atomic E-state index is 14.8. The van der Waals surface area contributed by atoms with E-state index < -0.39 is 15.6 Å². The van der Waals surface area contributed by atoms with Gasteiger partial charge in [0.15, 0.2) is 0 Å². The van der Waals surface area contributed by atoms with Crippen LogP contribution in [-0.4, -0.2) is 49.9 Å². The van der Waals surface area contributed by atoms with Gasteiger partial charge in [0.25, 0.3) is 0 Å². The summed E-state index contributed by atoms with van der Waals surface area (Å²) in [5, 5.41) is 11.2. The van der Waals surface area contributed by atoms with E-state index in [-0.39, 0.29) is 11.2 Å². The third-order valence-electron chi connectivity index (χ3n) is 7.64. The van der Waals surface area contributed by atoms with Crippen LogP contribution < -0.4 is 4.72 Å². The lowest BCUT2D eigenvalue weighted by Gasteiger charge is -2.32. The lowest BCUT2D eigenvalue weighted by Crippen LogP contribution is -2.45.